The van der Waals surface area contributed by atoms with Crippen LogP contribution in [0.5, 0.6) is 0 Å². The summed E-state index contributed by atoms with van der Waals surface area (Å²) >= 11 is 0. The van der Waals surface area contributed by atoms with Crippen LogP contribution in [0.3, 0.4) is 0 Å². The number of ether oxygens (including phenoxy) is 1. The molecule has 0 spiro atoms. The van der Waals surface area contributed by atoms with Crippen LogP contribution >= 0.6 is 7.60 Å². The smallest absolute Gasteiger partial charge is 0.334 e. The lowest BCUT2D eigenvalue weighted by molar-refractivity contribution is 0.0128. The fourth-order valence-electron chi connectivity index (χ4n) is 3.82. The summed E-state index contributed by atoms with van der Waals surface area (Å²) in [4.78, 5) is 0. The van der Waals surface area contributed by atoms with E-state index in [0.717, 1.165) is 29.5 Å². The van der Waals surface area contributed by atoms with Crippen LogP contribution in [0.2, 0.25) is 0 Å². The topological polar surface area (TPSA) is 44.8 Å². The van der Waals surface area contributed by atoms with Crippen molar-refractivity contribution in [2.75, 3.05) is 12.8 Å². The van der Waals surface area contributed by atoms with Gasteiger partial charge in [-0.1, -0.05) is 91.0 Å². The molecule has 1 atom stereocenters. The molecule has 4 rings (SSSR count). The Hall–Kier alpha value is -2.23. The van der Waals surface area contributed by atoms with E-state index in [1.54, 1.807) is 0 Å². The highest BCUT2D eigenvalue weighted by atomic mass is 31.2. The van der Waals surface area contributed by atoms with Crippen LogP contribution in [0.4, 0.5) is 0 Å². The zero-order valence-electron chi connectivity index (χ0n) is 17.0. The molecule has 0 radical (unpaired) electrons. The van der Waals surface area contributed by atoms with E-state index < -0.39 is 13.2 Å². The summed E-state index contributed by atoms with van der Waals surface area (Å²) in [5, 5.41) is 0. The highest BCUT2D eigenvalue weighted by molar-refractivity contribution is 7.53. The van der Waals surface area contributed by atoms with Crippen molar-refractivity contribution in [1.82, 2.24) is 0 Å². The van der Waals surface area contributed by atoms with Crippen molar-refractivity contribution < 1.29 is 18.3 Å². The average molecular weight is 422 g/mol. The van der Waals surface area contributed by atoms with Gasteiger partial charge in [0, 0.05) is 6.61 Å². The van der Waals surface area contributed by atoms with Crippen LogP contribution in [0.1, 0.15) is 29.5 Å². The summed E-state index contributed by atoms with van der Waals surface area (Å²) in [5.74, 6) is 0. The van der Waals surface area contributed by atoms with E-state index in [1.165, 1.54) is 0 Å². The van der Waals surface area contributed by atoms with Gasteiger partial charge in [-0.15, -0.1) is 0 Å². The molecule has 3 aromatic rings. The van der Waals surface area contributed by atoms with Crippen molar-refractivity contribution in [1.29, 1.82) is 0 Å². The number of hydrogen-bond acceptors (Lipinski definition) is 4. The first kappa shape index (κ1) is 21.0. The summed E-state index contributed by atoms with van der Waals surface area (Å²) in [7, 11) is -3.46. The van der Waals surface area contributed by atoms with Crippen molar-refractivity contribution in [3.8, 4) is 0 Å². The van der Waals surface area contributed by atoms with Gasteiger partial charge in [-0.2, -0.15) is 0 Å². The van der Waals surface area contributed by atoms with Gasteiger partial charge >= 0.3 is 7.60 Å². The van der Waals surface area contributed by atoms with Gasteiger partial charge in [-0.25, -0.2) is 0 Å². The van der Waals surface area contributed by atoms with Gasteiger partial charge in [0.25, 0.3) is 0 Å². The van der Waals surface area contributed by atoms with Crippen LogP contribution in [0.15, 0.2) is 91.0 Å². The molecule has 1 unspecified atom stereocenters. The minimum absolute atomic E-state index is 0.198. The normalized spacial score (nSPS) is 19.1. The monoisotopic (exact) mass is 422 g/mol. The lowest BCUT2D eigenvalue weighted by Gasteiger charge is -2.32. The van der Waals surface area contributed by atoms with E-state index in [9.17, 15) is 4.57 Å². The van der Waals surface area contributed by atoms with Crippen molar-refractivity contribution in [2.45, 2.75) is 31.7 Å². The van der Waals surface area contributed by atoms with Crippen LogP contribution in [-0.4, -0.2) is 12.8 Å². The molecule has 30 heavy (non-hydrogen) atoms. The van der Waals surface area contributed by atoms with Crippen molar-refractivity contribution >= 4 is 7.60 Å². The standard InChI is InChI=1S/C25H27O4P/c26-30(28-19-22-11-4-1-5-12-22,29-20-23-13-6-2-7-14-23)21-25(17-10-18-27-25)24-15-8-3-9-16-24/h1-9,11-16H,10,17-21H2. The van der Waals surface area contributed by atoms with Gasteiger partial charge in [0.2, 0.25) is 0 Å². The zero-order chi connectivity index (χ0) is 20.7. The second-order valence-corrected chi connectivity index (χ2v) is 9.65. The van der Waals surface area contributed by atoms with Crippen LogP contribution in [0.25, 0.3) is 0 Å². The van der Waals surface area contributed by atoms with E-state index in [1.807, 2.05) is 91.0 Å². The van der Waals surface area contributed by atoms with Gasteiger partial charge in [0.05, 0.1) is 19.4 Å². The molecule has 1 heterocycles. The molecule has 0 aromatic heterocycles. The van der Waals surface area contributed by atoms with Crippen LogP contribution < -0.4 is 0 Å². The molecule has 1 saturated heterocycles. The van der Waals surface area contributed by atoms with Gasteiger partial charge in [-0.3, -0.25) is 4.57 Å². The van der Waals surface area contributed by atoms with Gasteiger partial charge in [-0.05, 0) is 29.5 Å². The second kappa shape index (κ2) is 9.72. The van der Waals surface area contributed by atoms with Crippen molar-refractivity contribution in [3.63, 3.8) is 0 Å². The molecular formula is C25H27O4P. The summed E-state index contributed by atoms with van der Waals surface area (Å²) in [6.07, 6.45) is 1.92. The summed E-state index contributed by atoms with van der Waals surface area (Å²) in [6, 6.07) is 29.5. The summed E-state index contributed by atoms with van der Waals surface area (Å²) in [5.41, 5.74) is 2.29. The molecule has 156 valence electrons. The van der Waals surface area contributed by atoms with E-state index in [2.05, 4.69) is 0 Å². The third kappa shape index (κ3) is 5.27. The van der Waals surface area contributed by atoms with Crippen molar-refractivity contribution in [3.05, 3.63) is 108 Å². The summed E-state index contributed by atoms with van der Waals surface area (Å²) < 4.78 is 32.2. The quantitative estimate of drug-likeness (QED) is 0.379. The molecule has 4 nitrogen and oxygen atoms in total. The molecule has 0 saturated carbocycles. The van der Waals surface area contributed by atoms with Crippen LogP contribution in [0, 0.1) is 0 Å². The van der Waals surface area contributed by atoms with Crippen LogP contribution in [-0.2, 0) is 37.2 Å². The maximum absolute atomic E-state index is 14.0. The number of benzene rings is 3. The molecular weight excluding hydrogens is 395 g/mol. The molecule has 5 heteroatoms. The fraction of sp³-hybridized carbons (Fsp3) is 0.280. The Morgan fingerprint density at radius 2 is 1.27 bits per heavy atom. The Kier molecular flexibility index (Phi) is 6.81. The largest absolute Gasteiger partial charge is 0.370 e. The zero-order valence-corrected chi connectivity index (χ0v) is 17.9. The Morgan fingerprint density at radius 1 is 0.767 bits per heavy atom. The third-order valence-corrected chi connectivity index (χ3v) is 7.34. The number of rotatable bonds is 9. The highest BCUT2D eigenvalue weighted by Gasteiger charge is 2.45. The molecule has 1 fully saturated rings. The third-order valence-electron chi connectivity index (χ3n) is 5.39. The Labute approximate surface area is 178 Å². The maximum atomic E-state index is 14.0. The van der Waals surface area contributed by atoms with E-state index >= 15 is 0 Å². The lowest BCUT2D eigenvalue weighted by Crippen LogP contribution is -2.30. The van der Waals surface area contributed by atoms with Gasteiger partial charge < -0.3 is 13.8 Å². The molecule has 0 amide bonds. The Bertz CT molecular complexity index is 907. The fourth-order valence-corrected chi connectivity index (χ4v) is 5.82. The molecule has 0 bridgehead atoms. The number of hydrogen-bond donors (Lipinski definition) is 0. The molecule has 1 aliphatic heterocycles. The lowest BCUT2D eigenvalue weighted by atomic mass is 9.93. The predicted molar refractivity (Wildman–Crippen MR) is 118 cm³/mol. The molecule has 1 aliphatic rings. The molecule has 3 aromatic carbocycles. The summed E-state index contributed by atoms with van der Waals surface area (Å²) in [6.45, 7) is 1.11. The Morgan fingerprint density at radius 3 is 1.73 bits per heavy atom. The first-order valence-electron chi connectivity index (χ1n) is 10.3. The first-order valence-corrected chi connectivity index (χ1v) is 12.1. The van der Waals surface area contributed by atoms with E-state index in [-0.39, 0.29) is 19.4 Å². The predicted octanol–water partition coefficient (Wildman–Crippen LogP) is 6.32. The highest BCUT2D eigenvalue weighted by Crippen LogP contribution is 2.56. The maximum Gasteiger partial charge on any atom is 0.334 e. The second-order valence-electron chi connectivity index (χ2n) is 7.60. The minimum atomic E-state index is -3.46. The molecule has 0 aliphatic carbocycles. The average Bonchev–Trinajstić information content (AvgIpc) is 3.28. The van der Waals surface area contributed by atoms with Crippen molar-refractivity contribution in [2.24, 2.45) is 0 Å². The van der Waals surface area contributed by atoms with E-state index in [0.29, 0.717) is 6.61 Å². The molecule has 0 N–H and O–H groups in total. The minimum Gasteiger partial charge on any atom is -0.370 e. The SMILES string of the molecule is O=P(CC1(c2ccccc2)CCCO1)(OCc1ccccc1)OCc1ccccc1. The van der Waals surface area contributed by atoms with Gasteiger partial charge in [0.1, 0.15) is 5.60 Å². The van der Waals surface area contributed by atoms with Gasteiger partial charge in [0.15, 0.2) is 0 Å². The van der Waals surface area contributed by atoms with E-state index in [4.69, 9.17) is 13.8 Å². The first-order chi connectivity index (χ1) is 14.7. The Balaban J connectivity index is 1.57.